The number of carbonyl (C=O) groups is 2. The van der Waals surface area contributed by atoms with Gasteiger partial charge in [-0.3, -0.25) is 9.59 Å². The summed E-state index contributed by atoms with van der Waals surface area (Å²) in [6.45, 7) is 9.77. The zero-order valence-electron chi connectivity index (χ0n) is 21.7. The fourth-order valence-electron chi connectivity index (χ4n) is 5.42. The minimum absolute atomic E-state index is 0.0438. The first kappa shape index (κ1) is 25.8. The molecule has 9 nitrogen and oxygen atoms in total. The molecule has 0 saturated heterocycles. The van der Waals surface area contributed by atoms with E-state index in [4.69, 9.17) is 5.73 Å². The van der Waals surface area contributed by atoms with Crippen LogP contribution in [-0.2, 0) is 18.3 Å². The molecule has 0 spiro atoms. The third-order valence-electron chi connectivity index (χ3n) is 6.73. The summed E-state index contributed by atoms with van der Waals surface area (Å²) in [6, 6.07) is 11.7. The first-order valence-corrected chi connectivity index (χ1v) is 12.7. The van der Waals surface area contributed by atoms with Crippen molar-refractivity contribution in [3.8, 4) is 0 Å². The van der Waals surface area contributed by atoms with E-state index < -0.39 is 11.6 Å². The van der Waals surface area contributed by atoms with Crippen molar-refractivity contribution in [1.29, 1.82) is 0 Å². The zero-order chi connectivity index (χ0) is 26.0. The van der Waals surface area contributed by atoms with Gasteiger partial charge < -0.3 is 16.4 Å². The van der Waals surface area contributed by atoms with Crippen LogP contribution >= 0.6 is 0 Å². The van der Waals surface area contributed by atoms with Crippen molar-refractivity contribution < 1.29 is 9.59 Å². The highest BCUT2D eigenvalue weighted by Crippen LogP contribution is 2.46. The molecule has 1 unspecified atom stereocenters. The van der Waals surface area contributed by atoms with Crippen LogP contribution in [0.25, 0.3) is 0 Å². The topological polar surface area (TPSA) is 133 Å². The summed E-state index contributed by atoms with van der Waals surface area (Å²) in [6.07, 6.45) is 1.63. The largest absolute Gasteiger partial charge is 0.350 e. The number of aryl methyl sites for hydroxylation is 2. The molecule has 2 amide bonds. The van der Waals surface area contributed by atoms with Gasteiger partial charge in [-0.25, -0.2) is 5.53 Å². The van der Waals surface area contributed by atoms with Crippen molar-refractivity contribution in [2.75, 3.05) is 0 Å². The van der Waals surface area contributed by atoms with Gasteiger partial charge in [0.15, 0.2) is 6.17 Å². The van der Waals surface area contributed by atoms with E-state index in [1.165, 1.54) is 0 Å². The smallest absolute Gasteiger partial charge is 0.251 e. The maximum Gasteiger partial charge on any atom is 0.251 e. The fourth-order valence-corrected chi connectivity index (χ4v) is 5.42. The van der Waals surface area contributed by atoms with Gasteiger partial charge in [0, 0.05) is 29.3 Å². The quantitative estimate of drug-likeness (QED) is 0.406. The second-order valence-corrected chi connectivity index (χ2v) is 10.5. The summed E-state index contributed by atoms with van der Waals surface area (Å²) in [5, 5.41) is 14.5. The van der Waals surface area contributed by atoms with E-state index in [-0.39, 0.29) is 29.9 Å². The molecule has 2 aromatic rings. The van der Waals surface area contributed by atoms with Crippen molar-refractivity contribution >= 4 is 11.8 Å². The van der Waals surface area contributed by atoms with E-state index in [1.54, 1.807) is 0 Å². The summed E-state index contributed by atoms with van der Waals surface area (Å²) in [5.41, 5.74) is 17.3. The summed E-state index contributed by atoms with van der Waals surface area (Å²) < 4.78 is 0. The molecule has 2 atom stereocenters. The number of hydrogen-bond donors (Lipinski definition) is 5. The van der Waals surface area contributed by atoms with Gasteiger partial charge in [0.25, 0.3) is 11.8 Å². The number of amides is 2. The van der Waals surface area contributed by atoms with Crippen LogP contribution in [0.3, 0.4) is 0 Å². The molecule has 0 radical (unpaired) electrons. The van der Waals surface area contributed by atoms with Crippen LogP contribution in [0.2, 0.25) is 0 Å². The molecule has 2 aromatic carbocycles. The molecule has 0 bridgehead atoms. The molecule has 1 aliphatic heterocycles. The number of hydrogen-bond acceptors (Lipinski definition) is 7. The Balaban J connectivity index is 1.90. The molecule has 2 aliphatic rings. The van der Waals surface area contributed by atoms with Gasteiger partial charge in [-0.15, -0.1) is 5.11 Å². The van der Waals surface area contributed by atoms with Crippen LogP contribution in [0.1, 0.15) is 84.0 Å². The van der Waals surface area contributed by atoms with Crippen LogP contribution in [-0.4, -0.2) is 36.1 Å². The van der Waals surface area contributed by atoms with Crippen LogP contribution in [0.15, 0.2) is 46.7 Å². The minimum Gasteiger partial charge on any atom is -0.350 e. The lowest BCUT2D eigenvalue weighted by molar-refractivity contribution is 0.0934. The highest BCUT2D eigenvalue weighted by Gasteiger charge is 2.48. The van der Waals surface area contributed by atoms with Crippen LogP contribution in [0.4, 0.5) is 0 Å². The Morgan fingerprint density at radius 1 is 0.944 bits per heavy atom. The molecule has 6 N–H and O–H groups in total. The molecular formula is C27H37N7O2. The number of hydrazine groups is 1. The van der Waals surface area contributed by atoms with E-state index in [2.05, 4.69) is 31.9 Å². The lowest BCUT2D eigenvalue weighted by atomic mass is 9.66. The van der Waals surface area contributed by atoms with E-state index >= 15 is 0 Å². The van der Waals surface area contributed by atoms with Gasteiger partial charge in [0.1, 0.15) is 0 Å². The van der Waals surface area contributed by atoms with Crippen LogP contribution < -0.4 is 27.3 Å². The number of rotatable bonds is 7. The minimum atomic E-state index is -0.650. The van der Waals surface area contributed by atoms with E-state index in [9.17, 15) is 9.59 Å². The number of nitrogens with one attached hydrogen (secondary N) is 4. The van der Waals surface area contributed by atoms with Crippen molar-refractivity contribution in [2.24, 2.45) is 16.1 Å². The lowest BCUT2D eigenvalue weighted by Crippen LogP contribution is -2.51. The molecule has 192 valence electrons. The molecule has 0 fully saturated rings. The Hall–Kier alpha value is -3.30. The summed E-state index contributed by atoms with van der Waals surface area (Å²) in [5.74, 6) is -0.194. The van der Waals surface area contributed by atoms with Gasteiger partial charge in [0.05, 0.1) is 5.41 Å². The van der Waals surface area contributed by atoms with E-state index in [0.717, 1.165) is 35.1 Å². The predicted octanol–water partition coefficient (Wildman–Crippen LogP) is 2.89. The molecule has 1 aliphatic carbocycles. The van der Waals surface area contributed by atoms with Gasteiger partial charge in [-0.1, -0.05) is 17.4 Å². The maximum absolute atomic E-state index is 12.8. The van der Waals surface area contributed by atoms with Crippen molar-refractivity contribution in [1.82, 2.24) is 21.6 Å². The van der Waals surface area contributed by atoms with Crippen LogP contribution in [0.5, 0.6) is 0 Å². The second kappa shape index (κ2) is 10.4. The summed E-state index contributed by atoms with van der Waals surface area (Å²) in [4.78, 5) is 25.6. The summed E-state index contributed by atoms with van der Waals surface area (Å²) >= 11 is 0. The van der Waals surface area contributed by atoms with Gasteiger partial charge in [0.2, 0.25) is 0 Å². The number of fused-ring (bicyclic) bond motifs is 2. The number of nitrogens with two attached hydrogens (primary N) is 1. The average molecular weight is 492 g/mol. The van der Waals surface area contributed by atoms with Crippen molar-refractivity contribution in [3.05, 3.63) is 69.8 Å². The fraction of sp³-hybridized carbons (Fsp3) is 0.481. The maximum atomic E-state index is 12.8. The number of nitrogens with zero attached hydrogens (tertiary/aromatic N) is 2. The first-order valence-electron chi connectivity index (χ1n) is 12.7. The second-order valence-electron chi connectivity index (χ2n) is 10.5. The third-order valence-corrected chi connectivity index (χ3v) is 6.73. The van der Waals surface area contributed by atoms with Gasteiger partial charge in [-0.2, -0.15) is 5.43 Å². The molecule has 4 rings (SSSR count). The van der Waals surface area contributed by atoms with Gasteiger partial charge in [-0.05, 0) is 100 Å². The highest BCUT2D eigenvalue weighted by atomic mass is 16.2. The average Bonchev–Trinajstić information content (AvgIpc) is 3.31. The van der Waals surface area contributed by atoms with E-state index in [0.29, 0.717) is 17.5 Å². The normalized spacial score (nSPS) is 18.7. The Morgan fingerprint density at radius 2 is 1.44 bits per heavy atom. The number of carbonyl (C=O) groups excluding carboxylic acids is 2. The molecule has 9 heteroatoms. The monoisotopic (exact) mass is 491 g/mol. The summed E-state index contributed by atoms with van der Waals surface area (Å²) in [7, 11) is 0. The standard InChI is InChI=1S/C27H37N7O2/c1-15(2)29-24(35)20-8-10-22-18(12-20)6-7-19-13-21(25(36)30-16(3)4)9-11-23(19)27(22,14-17(5)28)26-31-33-34-32-26/h8-13,15-17,26H,6-7,14,28H2,1-5H3,(H,29,35)(H,30,36)(H,31,34)(H,32,33)/t17-/m0/s1. The molecule has 1 heterocycles. The van der Waals surface area contributed by atoms with Crippen molar-refractivity contribution in [2.45, 2.75) is 83.6 Å². The van der Waals surface area contributed by atoms with Gasteiger partial charge >= 0.3 is 0 Å². The predicted molar refractivity (Wildman–Crippen MR) is 139 cm³/mol. The Morgan fingerprint density at radius 3 is 1.83 bits per heavy atom. The Bertz CT molecular complexity index is 1100. The van der Waals surface area contributed by atoms with Crippen LogP contribution in [0, 0.1) is 0 Å². The molecular weight excluding hydrogens is 454 g/mol. The SMILES string of the molecule is CC(C)NC(=O)c1ccc2c(c1)CCc1cc(C(=O)NC(C)C)ccc1C2(C[C@H](C)N)C1N=NNN1. The first-order chi connectivity index (χ1) is 17.1. The Kier molecular flexibility index (Phi) is 7.42. The number of benzene rings is 2. The molecule has 0 saturated carbocycles. The Labute approximate surface area is 212 Å². The molecule has 36 heavy (non-hydrogen) atoms. The third kappa shape index (κ3) is 4.99. The lowest BCUT2D eigenvalue weighted by Gasteiger charge is -2.40. The van der Waals surface area contributed by atoms with E-state index in [1.807, 2.05) is 71.0 Å². The van der Waals surface area contributed by atoms with Crippen molar-refractivity contribution in [3.63, 3.8) is 0 Å². The highest BCUT2D eigenvalue weighted by molar-refractivity contribution is 5.95. The zero-order valence-corrected chi connectivity index (χ0v) is 21.7. The molecule has 0 aromatic heterocycles.